The van der Waals surface area contributed by atoms with Crippen LogP contribution in [0.4, 0.5) is 0 Å². The first kappa shape index (κ1) is 12.0. The van der Waals surface area contributed by atoms with E-state index in [1.807, 2.05) is 0 Å². The number of hydrogen-bond acceptors (Lipinski definition) is 1. The summed E-state index contributed by atoms with van der Waals surface area (Å²) >= 11 is 0. The third-order valence-electron chi connectivity index (χ3n) is 3.32. The van der Waals surface area contributed by atoms with Crippen molar-refractivity contribution < 1.29 is 4.48 Å². The summed E-state index contributed by atoms with van der Waals surface area (Å²) < 4.78 is 1.23. The number of likely N-dealkylation sites (N-methyl/N-ethyl adjacent to an activating group) is 1. The molecule has 0 radical (unpaired) electrons. The highest BCUT2D eigenvalue weighted by Gasteiger charge is 2.31. The van der Waals surface area contributed by atoms with Crippen LogP contribution in [0.15, 0.2) is 0 Å². The van der Waals surface area contributed by atoms with Gasteiger partial charge in [0.05, 0.1) is 32.7 Å². The number of rotatable bonds is 5. The van der Waals surface area contributed by atoms with E-state index in [1.54, 1.807) is 0 Å². The Morgan fingerprint density at radius 1 is 1.36 bits per heavy atom. The molecule has 0 saturated carbocycles. The molecule has 14 heavy (non-hydrogen) atoms. The molecule has 2 unspecified atom stereocenters. The summed E-state index contributed by atoms with van der Waals surface area (Å²) in [6.45, 7) is 14.4. The smallest absolute Gasteiger partial charge is 0.0953 e. The second kappa shape index (κ2) is 4.19. The van der Waals surface area contributed by atoms with Gasteiger partial charge in [-0.2, -0.15) is 0 Å². The van der Waals surface area contributed by atoms with Gasteiger partial charge in [0.25, 0.3) is 0 Å². The maximum absolute atomic E-state index is 3.41. The maximum atomic E-state index is 3.41. The van der Waals surface area contributed by atoms with Gasteiger partial charge in [0.15, 0.2) is 0 Å². The zero-order valence-electron chi connectivity index (χ0n) is 10.6. The molecule has 1 saturated heterocycles. The van der Waals surface area contributed by atoms with E-state index in [9.17, 15) is 0 Å². The van der Waals surface area contributed by atoms with E-state index in [0.717, 1.165) is 6.04 Å². The van der Waals surface area contributed by atoms with Gasteiger partial charge in [-0.15, -0.1) is 0 Å². The van der Waals surface area contributed by atoms with Gasteiger partial charge < -0.3 is 9.80 Å². The summed E-state index contributed by atoms with van der Waals surface area (Å²) in [6.07, 6.45) is 1.32. The van der Waals surface area contributed by atoms with Crippen LogP contribution in [-0.4, -0.2) is 43.8 Å². The minimum atomic E-state index is 0.478. The molecule has 1 heterocycles. The van der Waals surface area contributed by atoms with E-state index in [-0.39, 0.29) is 0 Å². The highest BCUT2D eigenvalue weighted by molar-refractivity contribution is 4.82. The fourth-order valence-corrected chi connectivity index (χ4v) is 1.73. The molecule has 84 valence electrons. The van der Waals surface area contributed by atoms with Crippen LogP contribution in [-0.2, 0) is 0 Å². The van der Waals surface area contributed by atoms with Crippen LogP contribution in [0.3, 0.4) is 0 Å². The van der Waals surface area contributed by atoms with Crippen molar-refractivity contribution in [2.75, 3.05) is 33.2 Å². The van der Waals surface area contributed by atoms with Gasteiger partial charge in [0, 0.05) is 13.0 Å². The van der Waals surface area contributed by atoms with Crippen molar-refractivity contribution in [3.05, 3.63) is 0 Å². The van der Waals surface area contributed by atoms with Crippen LogP contribution >= 0.6 is 0 Å². The lowest BCUT2D eigenvalue weighted by molar-refractivity contribution is -0.908. The SMILES string of the molecule is CC[N+](C)(CCC(C)(C)C)CC1CN1. The minimum Gasteiger partial charge on any atom is -0.325 e. The molecule has 0 bridgehead atoms. The lowest BCUT2D eigenvalue weighted by atomic mass is 9.91. The molecule has 1 fully saturated rings. The summed E-state index contributed by atoms with van der Waals surface area (Å²) in [6, 6.07) is 0.805. The normalized spacial score (nSPS) is 25.9. The third kappa shape index (κ3) is 4.43. The zero-order valence-corrected chi connectivity index (χ0v) is 10.6. The summed E-state index contributed by atoms with van der Waals surface area (Å²) in [5, 5.41) is 3.41. The van der Waals surface area contributed by atoms with Crippen LogP contribution in [0, 0.1) is 5.41 Å². The van der Waals surface area contributed by atoms with E-state index in [2.05, 4.69) is 40.1 Å². The molecule has 1 aliphatic rings. The molecule has 0 spiro atoms. The lowest BCUT2D eigenvalue weighted by Gasteiger charge is -2.35. The number of nitrogens with one attached hydrogen (secondary N) is 1. The second-order valence-corrected chi connectivity index (χ2v) is 6.26. The predicted molar refractivity (Wildman–Crippen MR) is 62.3 cm³/mol. The number of hydrogen-bond donors (Lipinski definition) is 1. The topological polar surface area (TPSA) is 21.9 Å². The van der Waals surface area contributed by atoms with Crippen LogP contribution < -0.4 is 5.32 Å². The second-order valence-electron chi connectivity index (χ2n) is 6.26. The van der Waals surface area contributed by atoms with Gasteiger partial charge in [-0.05, 0) is 12.3 Å². The summed E-state index contributed by atoms with van der Waals surface area (Å²) in [4.78, 5) is 0. The van der Waals surface area contributed by atoms with Gasteiger partial charge in [-0.3, -0.25) is 0 Å². The first-order valence-electron chi connectivity index (χ1n) is 5.92. The van der Waals surface area contributed by atoms with Gasteiger partial charge in [-0.25, -0.2) is 0 Å². The molecule has 1 aliphatic heterocycles. The molecule has 2 heteroatoms. The first-order chi connectivity index (χ1) is 6.35. The van der Waals surface area contributed by atoms with E-state index in [1.165, 1.54) is 37.1 Å². The van der Waals surface area contributed by atoms with E-state index >= 15 is 0 Å². The standard InChI is InChI=1S/C12H27N2/c1-6-14(5,10-11-9-13-11)8-7-12(2,3)4/h11,13H,6-10H2,1-5H3/q+1. The number of quaternary nitrogens is 1. The Bertz CT molecular complexity index is 179. The van der Waals surface area contributed by atoms with Gasteiger partial charge in [-0.1, -0.05) is 20.8 Å². The molecule has 1 N–H and O–H groups in total. The summed E-state index contributed by atoms with van der Waals surface area (Å²) in [5.74, 6) is 0. The Kier molecular flexibility index (Phi) is 3.59. The Morgan fingerprint density at radius 3 is 2.29 bits per heavy atom. The molecule has 0 aliphatic carbocycles. The van der Waals surface area contributed by atoms with Crippen LogP contribution in [0.1, 0.15) is 34.1 Å². The van der Waals surface area contributed by atoms with E-state index in [4.69, 9.17) is 0 Å². The molecule has 0 aromatic rings. The lowest BCUT2D eigenvalue weighted by Crippen LogP contribution is -2.48. The average molecular weight is 199 g/mol. The summed E-state index contributed by atoms with van der Waals surface area (Å²) in [7, 11) is 2.39. The van der Waals surface area contributed by atoms with Crippen molar-refractivity contribution in [3.8, 4) is 0 Å². The Hall–Kier alpha value is -0.0800. The van der Waals surface area contributed by atoms with Gasteiger partial charge >= 0.3 is 0 Å². The highest BCUT2D eigenvalue weighted by Crippen LogP contribution is 2.21. The highest BCUT2D eigenvalue weighted by atomic mass is 15.4. The van der Waals surface area contributed by atoms with Crippen molar-refractivity contribution in [1.29, 1.82) is 0 Å². The Labute approximate surface area is 89.3 Å². The predicted octanol–water partition coefficient (Wildman–Crippen LogP) is 1.86. The van der Waals surface area contributed by atoms with Crippen molar-refractivity contribution in [1.82, 2.24) is 5.32 Å². The van der Waals surface area contributed by atoms with E-state index < -0.39 is 0 Å². The zero-order chi connectivity index (χ0) is 10.8. The van der Waals surface area contributed by atoms with Crippen LogP contribution in [0.25, 0.3) is 0 Å². The van der Waals surface area contributed by atoms with Crippen molar-refractivity contribution in [2.45, 2.75) is 40.2 Å². The number of nitrogens with zero attached hydrogens (tertiary/aromatic N) is 1. The molecular formula is C12H27N2+. The van der Waals surface area contributed by atoms with Crippen molar-refractivity contribution in [3.63, 3.8) is 0 Å². The van der Waals surface area contributed by atoms with Crippen molar-refractivity contribution >= 4 is 0 Å². The molecule has 0 aromatic carbocycles. The Morgan fingerprint density at radius 2 is 1.93 bits per heavy atom. The molecule has 2 atom stereocenters. The fraction of sp³-hybridized carbons (Fsp3) is 1.00. The van der Waals surface area contributed by atoms with E-state index in [0.29, 0.717) is 5.41 Å². The Balaban J connectivity index is 2.35. The monoisotopic (exact) mass is 199 g/mol. The molecule has 0 aromatic heterocycles. The fourth-order valence-electron chi connectivity index (χ4n) is 1.73. The maximum Gasteiger partial charge on any atom is 0.0953 e. The largest absolute Gasteiger partial charge is 0.325 e. The van der Waals surface area contributed by atoms with Crippen LogP contribution in [0.5, 0.6) is 0 Å². The molecular weight excluding hydrogens is 172 g/mol. The summed E-state index contributed by atoms with van der Waals surface area (Å²) in [5.41, 5.74) is 0.478. The van der Waals surface area contributed by atoms with Gasteiger partial charge in [0.2, 0.25) is 0 Å². The first-order valence-corrected chi connectivity index (χ1v) is 5.92. The quantitative estimate of drug-likeness (QED) is 0.530. The van der Waals surface area contributed by atoms with Crippen LogP contribution in [0.2, 0.25) is 0 Å². The van der Waals surface area contributed by atoms with Crippen molar-refractivity contribution in [2.24, 2.45) is 5.41 Å². The molecule has 2 nitrogen and oxygen atoms in total. The van der Waals surface area contributed by atoms with Gasteiger partial charge in [0.1, 0.15) is 0 Å². The average Bonchev–Trinajstić information content (AvgIpc) is 2.84. The third-order valence-corrected chi connectivity index (χ3v) is 3.32. The molecule has 0 amide bonds. The molecule has 1 rings (SSSR count). The minimum absolute atomic E-state index is 0.478.